The van der Waals surface area contributed by atoms with Crippen LogP contribution in [0, 0.1) is 0 Å². The van der Waals surface area contributed by atoms with Crippen LogP contribution in [0.15, 0.2) is 30.3 Å². The molecule has 0 spiro atoms. The summed E-state index contributed by atoms with van der Waals surface area (Å²) >= 11 is 1.24. The third-order valence-electron chi connectivity index (χ3n) is 3.87. The number of aromatic nitrogens is 2. The fraction of sp³-hybridized carbons (Fsp3) is 0.222. The highest BCUT2D eigenvalue weighted by atomic mass is 32.1. The summed E-state index contributed by atoms with van der Waals surface area (Å²) in [5, 5.41) is 14.3. The maximum atomic E-state index is 10.1. The van der Waals surface area contributed by atoms with Gasteiger partial charge < -0.3 is 24.1 Å². The van der Waals surface area contributed by atoms with E-state index in [-0.39, 0.29) is 5.75 Å². The standard InChI is InChI=1S/C18H18N2O5S/c1-22-13-6-5-10(7-12(13)21)16-18(26-20-19-16)11-8-14(23-2)17(25-4)15(9-11)24-3/h5-9,21H,1-4H3. The van der Waals surface area contributed by atoms with E-state index in [0.29, 0.717) is 28.7 Å². The second-order valence-corrected chi connectivity index (χ2v) is 6.01. The molecule has 0 aliphatic rings. The Kier molecular flexibility index (Phi) is 5.13. The van der Waals surface area contributed by atoms with Crippen molar-refractivity contribution in [2.24, 2.45) is 0 Å². The van der Waals surface area contributed by atoms with Crippen LogP contribution < -0.4 is 18.9 Å². The van der Waals surface area contributed by atoms with Gasteiger partial charge in [0.2, 0.25) is 5.75 Å². The van der Waals surface area contributed by atoms with Crippen LogP contribution >= 0.6 is 11.5 Å². The molecule has 0 bridgehead atoms. The molecule has 0 fully saturated rings. The molecule has 1 heterocycles. The lowest BCUT2D eigenvalue weighted by Gasteiger charge is -2.14. The molecule has 0 amide bonds. The molecule has 0 atom stereocenters. The number of aromatic hydroxyl groups is 1. The summed E-state index contributed by atoms with van der Waals surface area (Å²) in [6.07, 6.45) is 0. The topological polar surface area (TPSA) is 82.9 Å². The van der Waals surface area contributed by atoms with E-state index in [1.165, 1.54) is 18.6 Å². The Bertz CT molecular complexity index is 901. The van der Waals surface area contributed by atoms with Crippen LogP contribution in [0.2, 0.25) is 0 Å². The Balaban J connectivity index is 2.13. The smallest absolute Gasteiger partial charge is 0.203 e. The Labute approximate surface area is 154 Å². The third-order valence-corrected chi connectivity index (χ3v) is 4.64. The van der Waals surface area contributed by atoms with Gasteiger partial charge in [-0.05, 0) is 41.9 Å². The molecule has 0 saturated carbocycles. The van der Waals surface area contributed by atoms with Gasteiger partial charge in [-0.25, -0.2) is 0 Å². The zero-order valence-electron chi connectivity index (χ0n) is 14.8. The number of hydrogen-bond donors (Lipinski definition) is 1. The first kappa shape index (κ1) is 17.8. The van der Waals surface area contributed by atoms with Crippen LogP contribution in [0.3, 0.4) is 0 Å². The van der Waals surface area contributed by atoms with Gasteiger partial charge >= 0.3 is 0 Å². The predicted octanol–water partition coefficient (Wildman–Crippen LogP) is 3.61. The molecule has 3 rings (SSSR count). The highest BCUT2D eigenvalue weighted by Crippen LogP contribution is 2.44. The average molecular weight is 374 g/mol. The zero-order chi connectivity index (χ0) is 18.7. The summed E-state index contributed by atoms with van der Waals surface area (Å²) in [6, 6.07) is 8.77. The number of ether oxygens (including phenoxy) is 4. The highest BCUT2D eigenvalue weighted by molar-refractivity contribution is 7.09. The number of benzene rings is 2. The van der Waals surface area contributed by atoms with E-state index in [0.717, 1.165) is 16.0 Å². The van der Waals surface area contributed by atoms with Crippen molar-refractivity contribution in [1.82, 2.24) is 9.59 Å². The van der Waals surface area contributed by atoms with Crippen LogP contribution in [0.5, 0.6) is 28.7 Å². The van der Waals surface area contributed by atoms with Gasteiger partial charge in [-0.2, -0.15) is 0 Å². The monoisotopic (exact) mass is 374 g/mol. The maximum absolute atomic E-state index is 10.1. The van der Waals surface area contributed by atoms with Crippen molar-refractivity contribution in [2.75, 3.05) is 28.4 Å². The van der Waals surface area contributed by atoms with Crippen LogP contribution in [-0.2, 0) is 0 Å². The molecule has 2 aromatic carbocycles. The lowest BCUT2D eigenvalue weighted by atomic mass is 10.1. The van der Waals surface area contributed by atoms with E-state index < -0.39 is 0 Å². The summed E-state index contributed by atoms with van der Waals surface area (Å²) in [6.45, 7) is 0. The lowest BCUT2D eigenvalue weighted by molar-refractivity contribution is 0.324. The van der Waals surface area contributed by atoms with Gasteiger partial charge in [0.15, 0.2) is 23.0 Å². The fourth-order valence-electron chi connectivity index (χ4n) is 2.62. The molecule has 3 aromatic rings. The molecule has 8 heteroatoms. The lowest BCUT2D eigenvalue weighted by Crippen LogP contribution is -1.95. The Morgan fingerprint density at radius 2 is 1.46 bits per heavy atom. The molecule has 1 N–H and O–H groups in total. The summed E-state index contributed by atoms with van der Waals surface area (Å²) in [5.74, 6) is 2.03. The van der Waals surface area contributed by atoms with Gasteiger partial charge in [0, 0.05) is 11.1 Å². The number of phenolic OH excluding ortho intramolecular Hbond substituents is 1. The fourth-order valence-corrected chi connectivity index (χ4v) is 3.29. The summed E-state index contributed by atoms with van der Waals surface area (Å²) in [5.41, 5.74) is 2.18. The molecule has 1 aromatic heterocycles. The summed E-state index contributed by atoms with van der Waals surface area (Å²) in [4.78, 5) is 0.814. The highest BCUT2D eigenvalue weighted by Gasteiger charge is 2.19. The minimum absolute atomic E-state index is 0.0360. The minimum atomic E-state index is 0.0360. The number of nitrogens with zero attached hydrogens (tertiary/aromatic N) is 2. The minimum Gasteiger partial charge on any atom is -0.504 e. The van der Waals surface area contributed by atoms with E-state index in [2.05, 4.69) is 9.59 Å². The predicted molar refractivity (Wildman–Crippen MR) is 98.7 cm³/mol. The van der Waals surface area contributed by atoms with Crippen molar-refractivity contribution in [3.63, 3.8) is 0 Å². The van der Waals surface area contributed by atoms with E-state index >= 15 is 0 Å². The maximum Gasteiger partial charge on any atom is 0.203 e. The SMILES string of the molecule is COc1ccc(-c2nnsc2-c2cc(OC)c(OC)c(OC)c2)cc1O. The first-order valence-electron chi connectivity index (χ1n) is 7.63. The zero-order valence-corrected chi connectivity index (χ0v) is 15.6. The van der Waals surface area contributed by atoms with Crippen LogP contribution in [0.25, 0.3) is 21.7 Å². The van der Waals surface area contributed by atoms with Gasteiger partial charge in [0.1, 0.15) is 5.69 Å². The Morgan fingerprint density at radius 1 is 0.808 bits per heavy atom. The molecule has 0 aliphatic carbocycles. The van der Waals surface area contributed by atoms with Crippen molar-refractivity contribution in [3.8, 4) is 50.4 Å². The number of phenols is 1. The number of methoxy groups -OCH3 is 4. The second kappa shape index (κ2) is 7.49. The molecule has 26 heavy (non-hydrogen) atoms. The third kappa shape index (κ3) is 3.11. The Morgan fingerprint density at radius 3 is 2.00 bits per heavy atom. The van der Waals surface area contributed by atoms with Crippen molar-refractivity contribution in [3.05, 3.63) is 30.3 Å². The van der Waals surface area contributed by atoms with Crippen molar-refractivity contribution < 1.29 is 24.1 Å². The van der Waals surface area contributed by atoms with E-state index in [1.807, 2.05) is 18.2 Å². The van der Waals surface area contributed by atoms with Crippen LogP contribution in [0.1, 0.15) is 0 Å². The van der Waals surface area contributed by atoms with E-state index in [9.17, 15) is 5.11 Å². The second-order valence-electron chi connectivity index (χ2n) is 5.25. The molecule has 0 radical (unpaired) electrons. The van der Waals surface area contributed by atoms with Crippen molar-refractivity contribution >= 4 is 11.5 Å². The van der Waals surface area contributed by atoms with Gasteiger partial charge in [0.25, 0.3) is 0 Å². The average Bonchev–Trinajstić information content (AvgIpc) is 3.16. The normalized spacial score (nSPS) is 10.5. The first-order valence-corrected chi connectivity index (χ1v) is 8.40. The summed E-state index contributed by atoms with van der Waals surface area (Å²) < 4.78 is 25.3. The van der Waals surface area contributed by atoms with Gasteiger partial charge in [-0.3, -0.25) is 0 Å². The van der Waals surface area contributed by atoms with Crippen molar-refractivity contribution in [2.45, 2.75) is 0 Å². The summed E-state index contributed by atoms with van der Waals surface area (Å²) in [7, 11) is 6.18. The quantitative estimate of drug-likeness (QED) is 0.705. The molecule has 0 saturated heterocycles. The van der Waals surface area contributed by atoms with Gasteiger partial charge in [0.05, 0.1) is 33.3 Å². The first-order chi connectivity index (χ1) is 12.6. The molecule has 0 aliphatic heterocycles. The molecular formula is C18H18N2O5S. The van der Waals surface area contributed by atoms with Crippen molar-refractivity contribution in [1.29, 1.82) is 0 Å². The largest absolute Gasteiger partial charge is 0.504 e. The van der Waals surface area contributed by atoms with Crippen LogP contribution in [-0.4, -0.2) is 43.1 Å². The van der Waals surface area contributed by atoms with Crippen LogP contribution in [0.4, 0.5) is 0 Å². The Hall–Kier alpha value is -3.00. The number of hydrogen-bond acceptors (Lipinski definition) is 8. The van der Waals surface area contributed by atoms with E-state index in [1.54, 1.807) is 33.5 Å². The molecule has 136 valence electrons. The molecule has 7 nitrogen and oxygen atoms in total. The van der Waals surface area contributed by atoms with Gasteiger partial charge in [-0.15, -0.1) is 5.10 Å². The molecular weight excluding hydrogens is 356 g/mol. The molecule has 0 unspecified atom stereocenters. The van der Waals surface area contributed by atoms with Gasteiger partial charge in [-0.1, -0.05) is 4.49 Å². The number of rotatable bonds is 6. The van der Waals surface area contributed by atoms with E-state index in [4.69, 9.17) is 18.9 Å².